The fourth-order valence-electron chi connectivity index (χ4n) is 3.29. The van der Waals surface area contributed by atoms with Crippen LogP contribution >= 0.6 is 0 Å². The molecule has 9 nitrogen and oxygen atoms in total. The molecule has 3 amide bonds. The first kappa shape index (κ1) is 18.7. The van der Waals surface area contributed by atoms with E-state index in [4.69, 9.17) is 0 Å². The van der Waals surface area contributed by atoms with Crippen molar-refractivity contribution in [2.75, 3.05) is 36.4 Å². The van der Waals surface area contributed by atoms with Crippen molar-refractivity contribution in [1.82, 2.24) is 25.2 Å². The van der Waals surface area contributed by atoms with Crippen LogP contribution in [0.5, 0.6) is 0 Å². The molecule has 0 radical (unpaired) electrons. The van der Waals surface area contributed by atoms with E-state index in [0.717, 1.165) is 10.9 Å². The van der Waals surface area contributed by atoms with Gasteiger partial charge in [-0.25, -0.2) is 14.8 Å². The topological polar surface area (TPSA) is 106 Å². The van der Waals surface area contributed by atoms with Crippen LogP contribution < -0.4 is 15.5 Å². The van der Waals surface area contributed by atoms with E-state index in [2.05, 4.69) is 25.6 Å². The summed E-state index contributed by atoms with van der Waals surface area (Å²) in [7, 11) is 0. The van der Waals surface area contributed by atoms with Crippen LogP contribution in [-0.2, 0) is 4.79 Å². The normalized spacial score (nSPS) is 15.2. The predicted molar refractivity (Wildman–Crippen MR) is 111 cm³/mol. The van der Waals surface area contributed by atoms with Crippen LogP contribution in [0.1, 0.15) is 6.92 Å². The number of nitrogens with one attached hydrogen (secondary N) is 3. The minimum absolute atomic E-state index is 0.248. The molecule has 1 aromatic carbocycles. The number of aromatic nitrogens is 3. The number of fused-ring (bicyclic) bond motifs is 1. The largest absolute Gasteiger partial charge is 0.361 e. The zero-order valence-electron chi connectivity index (χ0n) is 16.1. The fourth-order valence-corrected chi connectivity index (χ4v) is 3.29. The number of urea groups is 1. The van der Waals surface area contributed by atoms with E-state index in [1.807, 2.05) is 35.4 Å². The maximum atomic E-state index is 12.5. The molecule has 1 fully saturated rings. The lowest BCUT2D eigenvalue weighted by Gasteiger charge is -2.35. The van der Waals surface area contributed by atoms with Crippen molar-refractivity contribution < 1.29 is 9.59 Å². The number of piperazine rings is 1. The number of aromatic amines is 1. The lowest BCUT2D eigenvalue weighted by Crippen LogP contribution is -2.55. The average Bonchev–Trinajstić information content (AvgIpc) is 3.22. The summed E-state index contributed by atoms with van der Waals surface area (Å²) in [5, 5.41) is 6.64. The second kappa shape index (κ2) is 8.17. The number of hydrogen-bond donors (Lipinski definition) is 3. The smallest absolute Gasteiger partial charge is 0.318 e. The van der Waals surface area contributed by atoms with Gasteiger partial charge < -0.3 is 25.4 Å². The lowest BCUT2D eigenvalue weighted by molar-refractivity contribution is -0.117. The van der Waals surface area contributed by atoms with Gasteiger partial charge >= 0.3 is 6.03 Å². The summed E-state index contributed by atoms with van der Waals surface area (Å²) in [5.41, 5.74) is 1.70. The molecule has 1 atom stereocenters. The first-order valence-corrected chi connectivity index (χ1v) is 9.55. The molecule has 0 aliphatic carbocycles. The summed E-state index contributed by atoms with van der Waals surface area (Å²) in [6.45, 7) is 4.06. The first-order valence-electron chi connectivity index (χ1n) is 9.55. The molecule has 3 N–H and O–H groups in total. The highest BCUT2D eigenvalue weighted by Crippen LogP contribution is 2.18. The Balaban J connectivity index is 1.28. The highest BCUT2D eigenvalue weighted by atomic mass is 16.2. The maximum Gasteiger partial charge on any atom is 0.318 e. The van der Waals surface area contributed by atoms with Crippen molar-refractivity contribution in [3.8, 4) is 0 Å². The van der Waals surface area contributed by atoms with E-state index >= 15 is 0 Å². The van der Waals surface area contributed by atoms with Gasteiger partial charge in [-0.15, -0.1) is 0 Å². The van der Waals surface area contributed by atoms with Crippen LogP contribution in [0.25, 0.3) is 10.9 Å². The molecule has 29 heavy (non-hydrogen) atoms. The number of nitrogens with zero attached hydrogens (tertiary/aromatic N) is 4. The SMILES string of the molecule is C[C@H](NC(=O)N1CCN(c2ncccn2)CC1)C(=O)Nc1ccc2[nH]ccc2c1. The zero-order chi connectivity index (χ0) is 20.2. The summed E-state index contributed by atoms with van der Waals surface area (Å²) in [5.74, 6) is 0.407. The number of carbonyl (C=O) groups is 2. The molecule has 1 aliphatic rings. The Labute approximate surface area is 168 Å². The Morgan fingerprint density at radius 2 is 1.86 bits per heavy atom. The molecule has 2 aromatic heterocycles. The molecule has 0 spiro atoms. The van der Waals surface area contributed by atoms with Gasteiger partial charge in [0.2, 0.25) is 11.9 Å². The molecule has 0 unspecified atom stereocenters. The van der Waals surface area contributed by atoms with E-state index in [1.54, 1.807) is 30.3 Å². The quantitative estimate of drug-likeness (QED) is 0.627. The highest BCUT2D eigenvalue weighted by molar-refractivity contribution is 5.98. The van der Waals surface area contributed by atoms with Gasteiger partial charge in [0.05, 0.1) is 0 Å². The van der Waals surface area contributed by atoms with E-state index in [-0.39, 0.29) is 11.9 Å². The number of anilines is 2. The first-order chi connectivity index (χ1) is 14.1. The number of amides is 3. The Bertz CT molecular complexity index is 996. The van der Waals surface area contributed by atoms with Crippen LogP contribution in [0.2, 0.25) is 0 Å². The van der Waals surface area contributed by atoms with Crippen LogP contribution in [0.15, 0.2) is 48.9 Å². The Morgan fingerprint density at radius 3 is 2.62 bits per heavy atom. The lowest BCUT2D eigenvalue weighted by atomic mass is 10.2. The van der Waals surface area contributed by atoms with Crippen molar-refractivity contribution in [1.29, 1.82) is 0 Å². The van der Waals surface area contributed by atoms with Crippen LogP contribution in [0.4, 0.5) is 16.4 Å². The van der Waals surface area contributed by atoms with E-state index in [0.29, 0.717) is 37.8 Å². The van der Waals surface area contributed by atoms with Gasteiger partial charge in [0.15, 0.2) is 0 Å². The van der Waals surface area contributed by atoms with Gasteiger partial charge in [-0.05, 0) is 37.3 Å². The summed E-state index contributed by atoms with van der Waals surface area (Å²) in [4.78, 5) is 40.3. The molecular formula is C20H23N7O2. The molecule has 9 heteroatoms. The molecule has 1 aliphatic heterocycles. The van der Waals surface area contributed by atoms with Crippen molar-refractivity contribution >= 4 is 34.5 Å². The van der Waals surface area contributed by atoms with Gasteiger partial charge in [-0.3, -0.25) is 4.79 Å². The van der Waals surface area contributed by atoms with Gasteiger partial charge in [-0.2, -0.15) is 0 Å². The number of rotatable bonds is 4. The Morgan fingerprint density at radius 1 is 1.10 bits per heavy atom. The van der Waals surface area contributed by atoms with Crippen molar-refractivity contribution in [3.05, 3.63) is 48.9 Å². The third-order valence-corrected chi connectivity index (χ3v) is 4.96. The van der Waals surface area contributed by atoms with Crippen molar-refractivity contribution in [2.24, 2.45) is 0 Å². The third-order valence-electron chi connectivity index (χ3n) is 4.96. The van der Waals surface area contributed by atoms with Gasteiger partial charge in [0.1, 0.15) is 6.04 Å². The summed E-state index contributed by atoms with van der Waals surface area (Å²) in [6, 6.07) is 8.44. The van der Waals surface area contributed by atoms with E-state index < -0.39 is 6.04 Å². The third kappa shape index (κ3) is 4.29. The molecule has 1 saturated heterocycles. The molecule has 0 bridgehead atoms. The number of hydrogen-bond acceptors (Lipinski definition) is 5. The maximum absolute atomic E-state index is 12.5. The summed E-state index contributed by atoms with van der Waals surface area (Å²) in [6.07, 6.45) is 5.26. The molecule has 0 saturated carbocycles. The van der Waals surface area contributed by atoms with Crippen molar-refractivity contribution in [2.45, 2.75) is 13.0 Å². The summed E-state index contributed by atoms with van der Waals surface area (Å²) >= 11 is 0. The monoisotopic (exact) mass is 393 g/mol. The van der Waals surface area contributed by atoms with Gasteiger partial charge in [0.25, 0.3) is 0 Å². The minimum Gasteiger partial charge on any atom is -0.361 e. The minimum atomic E-state index is -0.653. The molecule has 3 aromatic rings. The second-order valence-corrected chi connectivity index (χ2v) is 6.96. The average molecular weight is 393 g/mol. The van der Waals surface area contributed by atoms with Gasteiger partial charge in [0, 0.05) is 61.4 Å². The van der Waals surface area contributed by atoms with Crippen LogP contribution in [-0.4, -0.2) is 64.0 Å². The van der Waals surface area contributed by atoms with Crippen LogP contribution in [0, 0.1) is 0 Å². The van der Waals surface area contributed by atoms with Crippen LogP contribution in [0.3, 0.4) is 0 Å². The molecule has 3 heterocycles. The van der Waals surface area contributed by atoms with Gasteiger partial charge in [-0.1, -0.05) is 0 Å². The van der Waals surface area contributed by atoms with E-state index in [1.165, 1.54) is 0 Å². The fraction of sp³-hybridized carbons (Fsp3) is 0.300. The summed E-state index contributed by atoms with van der Waals surface area (Å²) < 4.78 is 0. The van der Waals surface area contributed by atoms with Crippen molar-refractivity contribution in [3.63, 3.8) is 0 Å². The number of carbonyl (C=O) groups excluding carboxylic acids is 2. The molecule has 4 rings (SSSR count). The highest BCUT2D eigenvalue weighted by Gasteiger charge is 2.25. The Hall–Kier alpha value is -3.62. The zero-order valence-corrected chi connectivity index (χ0v) is 16.1. The standard InChI is InChI=1S/C20H23N7O2/c1-14(18(28)25-16-3-4-17-15(13-16)5-8-21-17)24-20(29)27-11-9-26(10-12-27)19-22-6-2-7-23-19/h2-8,13-14,21H,9-12H2,1H3,(H,24,29)(H,25,28)/t14-/m0/s1. The van der Waals surface area contributed by atoms with E-state index in [9.17, 15) is 9.59 Å². The Kier molecular flexibility index (Phi) is 5.28. The molecule has 150 valence electrons. The predicted octanol–water partition coefficient (Wildman–Crippen LogP) is 1.82. The second-order valence-electron chi connectivity index (χ2n) is 6.96. The number of benzene rings is 1. The molecular weight excluding hydrogens is 370 g/mol. The number of H-pyrrole nitrogens is 1.